The third-order valence-corrected chi connectivity index (χ3v) is 4.60. The van der Waals surface area contributed by atoms with E-state index in [1.807, 2.05) is 38.1 Å². The molecule has 0 saturated carbocycles. The Hall–Kier alpha value is -3.94. The van der Waals surface area contributed by atoms with Crippen LogP contribution in [0.1, 0.15) is 35.0 Å². The second-order valence-corrected chi connectivity index (χ2v) is 7.22. The van der Waals surface area contributed by atoms with Gasteiger partial charge in [0.1, 0.15) is 11.6 Å². The smallest absolute Gasteiger partial charge is 0.344 e. The van der Waals surface area contributed by atoms with Gasteiger partial charge >= 0.3 is 5.97 Å². The summed E-state index contributed by atoms with van der Waals surface area (Å²) < 4.78 is 11.9. The quantitative estimate of drug-likeness (QED) is 0.407. The Balaban J connectivity index is 1.49. The van der Waals surface area contributed by atoms with Crippen LogP contribution >= 0.6 is 0 Å². The van der Waals surface area contributed by atoms with Crippen LogP contribution in [0.4, 0.5) is 5.82 Å². The van der Waals surface area contributed by atoms with E-state index in [4.69, 9.17) is 9.47 Å². The molecule has 0 fully saturated rings. The molecule has 0 radical (unpaired) electrons. The summed E-state index contributed by atoms with van der Waals surface area (Å²) in [4.78, 5) is 35.8. The van der Waals surface area contributed by atoms with E-state index in [0.29, 0.717) is 23.6 Å². The van der Waals surface area contributed by atoms with Crippen molar-refractivity contribution in [3.63, 3.8) is 0 Å². The number of amides is 1. The maximum Gasteiger partial charge on any atom is 0.344 e. The van der Waals surface area contributed by atoms with Crippen molar-refractivity contribution in [2.75, 3.05) is 18.5 Å². The van der Waals surface area contributed by atoms with Crippen LogP contribution in [0.5, 0.6) is 5.75 Å². The summed E-state index contributed by atoms with van der Waals surface area (Å²) in [6.07, 6.45) is 0.417. The minimum absolute atomic E-state index is 0.0286. The van der Waals surface area contributed by atoms with Gasteiger partial charge in [-0.05, 0) is 50.2 Å². The highest BCUT2D eigenvalue weighted by Crippen LogP contribution is 2.18. The molecule has 2 aromatic carbocycles. The number of aromatic nitrogens is 2. The number of hydrogen-bond acceptors (Lipinski definition) is 6. The fraction of sp³-hybridized carbons (Fsp3) is 0.250. The number of benzene rings is 2. The van der Waals surface area contributed by atoms with Crippen molar-refractivity contribution >= 4 is 23.5 Å². The highest BCUT2D eigenvalue weighted by Gasteiger charge is 2.13. The Morgan fingerprint density at radius 2 is 1.66 bits per heavy atom. The van der Waals surface area contributed by atoms with Crippen LogP contribution in [0, 0.1) is 13.8 Å². The maximum atomic E-state index is 12.3. The maximum absolute atomic E-state index is 12.3. The van der Waals surface area contributed by atoms with Gasteiger partial charge in [0.15, 0.2) is 19.0 Å². The Kier molecular flexibility index (Phi) is 7.38. The van der Waals surface area contributed by atoms with E-state index >= 15 is 0 Å². The number of rotatable bonds is 9. The first kappa shape index (κ1) is 22.7. The standard InChI is InChI=1S/C24H25N3O5/c1-4-21(28)18-7-11-20(12-8-18)31-15-24(30)32-14-23(29)25-22-13-17(3)26-27(22)19-9-5-16(2)6-10-19/h5-13H,4,14-15H2,1-3H3,(H,25,29). The first-order valence-electron chi connectivity index (χ1n) is 10.2. The van der Waals surface area contributed by atoms with Crippen molar-refractivity contribution in [1.82, 2.24) is 9.78 Å². The van der Waals surface area contributed by atoms with E-state index in [1.165, 1.54) is 0 Å². The monoisotopic (exact) mass is 435 g/mol. The number of ketones is 1. The van der Waals surface area contributed by atoms with E-state index < -0.39 is 18.5 Å². The molecule has 0 aliphatic heterocycles. The second kappa shape index (κ2) is 10.4. The zero-order valence-electron chi connectivity index (χ0n) is 18.3. The lowest BCUT2D eigenvalue weighted by Crippen LogP contribution is -2.24. The number of carbonyl (C=O) groups excluding carboxylic acids is 3. The molecule has 1 heterocycles. The van der Waals surface area contributed by atoms with Crippen molar-refractivity contribution in [1.29, 1.82) is 0 Å². The molecule has 3 aromatic rings. The van der Waals surface area contributed by atoms with Crippen LogP contribution < -0.4 is 10.1 Å². The van der Waals surface area contributed by atoms with Gasteiger partial charge in [0.2, 0.25) is 0 Å². The average molecular weight is 435 g/mol. The molecule has 0 aliphatic carbocycles. The number of anilines is 1. The van der Waals surface area contributed by atoms with Gasteiger partial charge in [-0.1, -0.05) is 24.6 Å². The summed E-state index contributed by atoms with van der Waals surface area (Å²) in [5.41, 5.74) is 3.23. The zero-order chi connectivity index (χ0) is 23.1. The summed E-state index contributed by atoms with van der Waals surface area (Å²) in [6.45, 7) is 4.79. The predicted molar refractivity (Wildman–Crippen MR) is 119 cm³/mol. The van der Waals surface area contributed by atoms with Crippen molar-refractivity contribution in [2.45, 2.75) is 27.2 Å². The number of hydrogen-bond donors (Lipinski definition) is 1. The molecular formula is C24H25N3O5. The number of ether oxygens (including phenoxy) is 2. The van der Waals surface area contributed by atoms with E-state index in [2.05, 4.69) is 10.4 Å². The number of aryl methyl sites for hydroxylation is 2. The van der Waals surface area contributed by atoms with Crippen LogP contribution in [0.3, 0.4) is 0 Å². The van der Waals surface area contributed by atoms with Crippen molar-refractivity contribution < 1.29 is 23.9 Å². The lowest BCUT2D eigenvalue weighted by atomic mass is 10.1. The Labute approximate surface area is 186 Å². The summed E-state index contributed by atoms with van der Waals surface area (Å²) >= 11 is 0. The molecule has 0 spiro atoms. The molecule has 166 valence electrons. The third kappa shape index (κ3) is 6.04. The first-order chi connectivity index (χ1) is 15.4. The normalized spacial score (nSPS) is 10.5. The van der Waals surface area contributed by atoms with Gasteiger partial charge in [-0.3, -0.25) is 9.59 Å². The number of nitrogens with zero attached hydrogens (tertiary/aromatic N) is 2. The summed E-state index contributed by atoms with van der Waals surface area (Å²) in [5, 5.41) is 7.10. The molecule has 0 aliphatic rings. The van der Waals surface area contributed by atoms with Gasteiger partial charge in [0, 0.05) is 18.1 Å². The molecule has 0 bridgehead atoms. The molecule has 8 heteroatoms. The first-order valence-corrected chi connectivity index (χ1v) is 10.2. The molecule has 0 unspecified atom stereocenters. The number of carbonyl (C=O) groups is 3. The van der Waals surface area contributed by atoms with Gasteiger partial charge < -0.3 is 14.8 Å². The van der Waals surface area contributed by atoms with Gasteiger partial charge in [0.25, 0.3) is 5.91 Å². The van der Waals surface area contributed by atoms with Gasteiger partial charge in [-0.2, -0.15) is 5.10 Å². The largest absolute Gasteiger partial charge is 0.482 e. The third-order valence-electron chi connectivity index (χ3n) is 4.60. The summed E-state index contributed by atoms with van der Waals surface area (Å²) in [5.74, 6) is -0.242. The number of esters is 1. The Morgan fingerprint density at radius 3 is 2.31 bits per heavy atom. The zero-order valence-corrected chi connectivity index (χ0v) is 18.3. The van der Waals surface area contributed by atoms with E-state index in [-0.39, 0.29) is 12.4 Å². The molecule has 8 nitrogen and oxygen atoms in total. The molecule has 0 saturated heterocycles. The van der Waals surface area contributed by atoms with Crippen LogP contribution in [0.25, 0.3) is 5.69 Å². The molecular weight excluding hydrogens is 410 g/mol. The predicted octanol–water partition coefficient (Wildman–Crippen LogP) is 3.64. The molecule has 1 amide bonds. The van der Waals surface area contributed by atoms with E-state index in [0.717, 1.165) is 16.9 Å². The number of Topliss-reactive ketones (excluding diaryl/α,β-unsaturated/α-hetero) is 1. The Morgan fingerprint density at radius 1 is 0.969 bits per heavy atom. The van der Waals surface area contributed by atoms with Gasteiger partial charge in [-0.15, -0.1) is 0 Å². The summed E-state index contributed by atoms with van der Waals surface area (Å²) in [6, 6.07) is 15.9. The fourth-order valence-electron chi connectivity index (χ4n) is 2.92. The van der Waals surface area contributed by atoms with Crippen LogP contribution in [0.2, 0.25) is 0 Å². The number of nitrogens with one attached hydrogen (secondary N) is 1. The molecule has 0 atom stereocenters. The van der Waals surface area contributed by atoms with Gasteiger partial charge in [-0.25, -0.2) is 9.48 Å². The minimum atomic E-state index is -0.683. The fourth-order valence-corrected chi connectivity index (χ4v) is 2.92. The van der Waals surface area contributed by atoms with Crippen LogP contribution in [-0.4, -0.2) is 40.7 Å². The highest BCUT2D eigenvalue weighted by molar-refractivity contribution is 5.96. The van der Waals surface area contributed by atoms with Crippen LogP contribution in [0.15, 0.2) is 54.6 Å². The lowest BCUT2D eigenvalue weighted by Gasteiger charge is -2.10. The highest BCUT2D eigenvalue weighted by atomic mass is 16.6. The second-order valence-electron chi connectivity index (χ2n) is 7.22. The van der Waals surface area contributed by atoms with Crippen molar-refractivity contribution in [3.05, 3.63) is 71.4 Å². The van der Waals surface area contributed by atoms with Crippen LogP contribution in [-0.2, 0) is 14.3 Å². The molecule has 32 heavy (non-hydrogen) atoms. The van der Waals surface area contributed by atoms with E-state index in [9.17, 15) is 14.4 Å². The van der Waals surface area contributed by atoms with Crippen molar-refractivity contribution in [3.8, 4) is 11.4 Å². The molecule has 1 N–H and O–H groups in total. The molecule has 1 aromatic heterocycles. The minimum Gasteiger partial charge on any atom is -0.482 e. The average Bonchev–Trinajstić information content (AvgIpc) is 3.16. The van der Waals surface area contributed by atoms with Crippen molar-refractivity contribution in [2.24, 2.45) is 0 Å². The molecule has 3 rings (SSSR count). The Bertz CT molecular complexity index is 1100. The SMILES string of the molecule is CCC(=O)c1ccc(OCC(=O)OCC(=O)Nc2cc(C)nn2-c2ccc(C)cc2)cc1. The van der Waals surface area contributed by atoms with E-state index in [1.54, 1.807) is 41.9 Å². The van der Waals surface area contributed by atoms with Gasteiger partial charge in [0.05, 0.1) is 11.4 Å². The lowest BCUT2D eigenvalue weighted by molar-refractivity contribution is -0.149. The summed E-state index contributed by atoms with van der Waals surface area (Å²) in [7, 11) is 0. The topological polar surface area (TPSA) is 99.5 Å².